The number of benzene rings is 1. The number of allylic oxidation sites excluding steroid dienone is 1. The predicted molar refractivity (Wildman–Crippen MR) is 51.8 cm³/mol. The summed E-state index contributed by atoms with van der Waals surface area (Å²) in [7, 11) is 0. The molecule has 1 aliphatic heterocycles. The second-order valence-corrected chi connectivity index (χ2v) is 3.26. The second-order valence-electron chi connectivity index (χ2n) is 3.26. The van der Waals surface area contributed by atoms with Crippen LogP contribution in [0.4, 0.5) is 0 Å². The average molecular weight is 185 g/mol. The number of carbonyl (C=O) groups excluding carboxylic acids is 1. The maximum absolute atomic E-state index is 10.5. The van der Waals surface area contributed by atoms with Crippen molar-refractivity contribution < 1.29 is 9.53 Å². The summed E-state index contributed by atoms with van der Waals surface area (Å²) in [4.78, 5) is 10.5. The third-order valence-corrected chi connectivity index (χ3v) is 2.41. The SMILES string of the molecule is O=C=C1Cn2ccc3cccc(c32)O1. The van der Waals surface area contributed by atoms with E-state index in [2.05, 4.69) is 0 Å². The van der Waals surface area contributed by atoms with Gasteiger partial charge in [-0.05, 0) is 12.1 Å². The lowest BCUT2D eigenvalue weighted by atomic mass is 10.2. The Morgan fingerprint density at radius 3 is 3.14 bits per heavy atom. The zero-order valence-corrected chi connectivity index (χ0v) is 7.36. The van der Waals surface area contributed by atoms with E-state index in [1.807, 2.05) is 35.0 Å². The van der Waals surface area contributed by atoms with Gasteiger partial charge in [0.25, 0.3) is 0 Å². The minimum atomic E-state index is 0.334. The number of rotatable bonds is 0. The van der Waals surface area contributed by atoms with E-state index in [0.717, 1.165) is 16.7 Å². The molecule has 2 aromatic rings. The molecule has 0 saturated carbocycles. The molecule has 0 radical (unpaired) electrons. The van der Waals surface area contributed by atoms with Crippen LogP contribution in [0.1, 0.15) is 0 Å². The molecule has 2 heterocycles. The lowest BCUT2D eigenvalue weighted by Gasteiger charge is -2.16. The summed E-state index contributed by atoms with van der Waals surface area (Å²) in [5.41, 5.74) is 1.05. The third-order valence-electron chi connectivity index (χ3n) is 2.41. The highest BCUT2D eigenvalue weighted by Crippen LogP contribution is 2.31. The van der Waals surface area contributed by atoms with E-state index in [4.69, 9.17) is 4.74 Å². The van der Waals surface area contributed by atoms with Crippen LogP contribution in [-0.2, 0) is 11.3 Å². The van der Waals surface area contributed by atoms with Crippen molar-refractivity contribution in [1.82, 2.24) is 4.57 Å². The molecule has 0 aliphatic carbocycles. The van der Waals surface area contributed by atoms with Gasteiger partial charge in [-0.2, -0.15) is 0 Å². The molecule has 0 fully saturated rings. The number of hydrogen-bond acceptors (Lipinski definition) is 2. The van der Waals surface area contributed by atoms with Crippen molar-refractivity contribution in [1.29, 1.82) is 0 Å². The molecule has 68 valence electrons. The maximum Gasteiger partial charge on any atom is 0.207 e. The Morgan fingerprint density at radius 1 is 1.36 bits per heavy atom. The molecule has 0 saturated heterocycles. The highest BCUT2D eigenvalue weighted by atomic mass is 16.5. The summed E-state index contributed by atoms with van der Waals surface area (Å²) in [5, 5.41) is 1.13. The van der Waals surface area contributed by atoms with Crippen LogP contribution in [0.2, 0.25) is 0 Å². The highest BCUT2D eigenvalue weighted by molar-refractivity contribution is 5.87. The van der Waals surface area contributed by atoms with E-state index in [0.29, 0.717) is 12.3 Å². The highest BCUT2D eigenvalue weighted by Gasteiger charge is 2.16. The molecule has 0 atom stereocenters. The summed E-state index contributed by atoms with van der Waals surface area (Å²) in [6.45, 7) is 0.476. The van der Waals surface area contributed by atoms with Crippen LogP contribution in [-0.4, -0.2) is 10.5 Å². The van der Waals surface area contributed by atoms with Crippen LogP contribution in [0, 0.1) is 0 Å². The summed E-state index contributed by atoms with van der Waals surface area (Å²) in [6.07, 6.45) is 1.95. The van der Waals surface area contributed by atoms with Crippen LogP contribution in [0.25, 0.3) is 10.9 Å². The first-order chi connectivity index (χ1) is 6.88. The van der Waals surface area contributed by atoms with Crippen LogP contribution in [0.15, 0.2) is 36.2 Å². The van der Waals surface area contributed by atoms with Crippen molar-refractivity contribution in [3.63, 3.8) is 0 Å². The Hall–Kier alpha value is -1.99. The van der Waals surface area contributed by atoms with Crippen molar-refractivity contribution in [2.75, 3.05) is 0 Å². The lowest BCUT2D eigenvalue weighted by molar-refractivity contribution is 0.380. The topological polar surface area (TPSA) is 31.2 Å². The molecule has 3 nitrogen and oxygen atoms in total. The molecule has 14 heavy (non-hydrogen) atoms. The molecular formula is C11H7NO2. The van der Waals surface area contributed by atoms with E-state index >= 15 is 0 Å². The molecule has 0 unspecified atom stereocenters. The minimum Gasteiger partial charge on any atom is -0.446 e. The van der Waals surface area contributed by atoms with Gasteiger partial charge in [0.2, 0.25) is 5.76 Å². The number of hydrogen-bond donors (Lipinski definition) is 0. The fourth-order valence-corrected chi connectivity index (χ4v) is 1.81. The van der Waals surface area contributed by atoms with Gasteiger partial charge >= 0.3 is 0 Å². The van der Waals surface area contributed by atoms with Crippen molar-refractivity contribution in [3.8, 4) is 5.75 Å². The summed E-state index contributed by atoms with van der Waals surface area (Å²) in [5.74, 6) is 2.87. The normalized spacial score (nSPS) is 13.9. The Labute approximate surface area is 80.2 Å². The maximum atomic E-state index is 10.5. The van der Waals surface area contributed by atoms with E-state index in [9.17, 15) is 4.79 Å². The smallest absolute Gasteiger partial charge is 0.207 e. The van der Waals surface area contributed by atoms with Crippen LogP contribution < -0.4 is 4.74 Å². The van der Waals surface area contributed by atoms with Gasteiger partial charge in [-0.1, -0.05) is 12.1 Å². The fraction of sp³-hybridized carbons (Fsp3) is 0.0909. The number of nitrogens with zero attached hydrogens (tertiary/aromatic N) is 1. The summed E-state index contributed by atoms with van der Waals surface area (Å²) >= 11 is 0. The molecule has 0 amide bonds. The average Bonchev–Trinajstić information content (AvgIpc) is 2.64. The van der Waals surface area contributed by atoms with Gasteiger partial charge in [0.15, 0.2) is 11.7 Å². The van der Waals surface area contributed by atoms with Crippen LogP contribution >= 0.6 is 0 Å². The Balaban J connectivity index is 2.39. The van der Waals surface area contributed by atoms with Gasteiger partial charge in [-0.3, -0.25) is 0 Å². The Kier molecular flexibility index (Phi) is 1.32. The van der Waals surface area contributed by atoms with E-state index in [1.165, 1.54) is 0 Å². The van der Waals surface area contributed by atoms with E-state index in [-0.39, 0.29) is 0 Å². The molecular weight excluding hydrogens is 178 g/mol. The van der Waals surface area contributed by atoms with Crippen LogP contribution in [0.5, 0.6) is 5.75 Å². The number of para-hydroxylation sites is 1. The number of ether oxygens (including phenoxy) is 1. The van der Waals surface area contributed by atoms with E-state index < -0.39 is 0 Å². The van der Waals surface area contributed by atoms with Gasteiger partial charge < -0.3 is 9.30 Å². The summed E-state index contributed by atoms with van der Waals surface area (Å²) in [6, 6.07) is 7.80. The van der Waals surface area contributed by atoms with Gasteiger partial charge in [0, 0.05) is 11.6 Å². The van der Waals surface area contributed by atoms with Crippen molar-refractivity contribution in [2.24, 2.45) is 0 Å². The first-order valence-corrected chi connectivity index (χ1v) is 4.38. The molecule has 1 aliphatic rings. The van der Waals surface area contributed by atoms with Crippen molar-refractivity contribution in [3.05, 3.63) is 36.2 Å². The molecule has 0 spiro atoms. The van der Waals surface area contributed by atoms with Crippen LogP contribution in [0.3, 0.4) is 0 Å². The lowest BCUT2D eigenvalue weighted by Crippen LogP contribution is -2.11. The molecule has 0 bridgehead atoms. The summed E-state index contributed by atoms with van der Waals surface area (Å²) < 4.78 is 7.38. The molecule has 1 aromatic heterocycles. The number of aromatic nitrogens is 1. The monoisotopic (exact) mass is 185 g/mol. The second kappa shape index (κ2) is 2.50. The van der Waals surface area contributed by atoms with Gasteiger partial charge in [-0.15, -0.1) is 0 Å². The Morgan fingerprint density at radius 2 is 2.29 bits per heavy atom. The quantitative estimate of drug-likeness (QED) is 0.585. The first kappa shape index (κ1) is 7.42. The van der Waals surface area contributed by atoms with Gasteiger partial charge in [-0.25, -0.2) is 4.79 Å². The van der Waals surface area contributed by atoms with E-state index in [1.54, 1.807) is 5.94 Å². The third kappa shape index (κ3) is 0.845. The van der Waals surface area contributed by atoms with Crippen molar-refractivity contribution in [2.45, 2.75) is 6.54 Å². The van der Waals surface area contributed by atoms with Gasteiger partial charge in [0.1, 0.15) is 0 Å². The van der Waals surface area contributed by atoms with Crippen molar-refractivity contribution >= 4 is 16.8 Å². The minimum absolute atomic E-state index is 0.334. The van der Waals surface area contributed by atoms with Gasteiger partial charge in [0.05, 0.1) is 12.1 Å². The predicted octanol–water partition coefficient (Wildman–Crippen LogP) is 1.75. The molecule has 1 aromatic carbocycles. The first-order valence-electron chi connectivity index (χ1n) is 4.38. The Bertz CT molecular complexity index is 562. The fourth-order valence-electron chi connectivity index (χ4n) is 1.81. The zero-order valence-electron chi connectivity index (χ0n) is 7.36. The largest absolute Gasteiger partial charge is 0.446 e. The molecule has 3 heteroatoms. The molecule has 0 N–H and O–H groups in total. The molecule has 3 rings (SSSR count). The standard InChI is InChI=1S/C11H7NO2/c13-7-9-6-12-5-4-8-2-1-3-10(14-9)11(8)12/h1-5H,6H2. The zero-order chi connectivity index (χ0) is 9.54.